The Labute approximate surface area is 123 Å². The van der Waals surface area contributed by atoms with Crippen LogP contribution >= 0.6 is 0 Å². The lowest BCUT2D eigenvalue weighted by molar-refractivity contribution is -0.137. The third kappa shape index (κ3) is 4.19. The van der Waals surface area contributed by atoms with Crippen molar-refractivity contribution in [3.63, 3.8) is 0 Å². The molecule has 1 saturated heterocycles. The molecule has 2 N–H and O–H groups in total. The van der Waals surface area contributed by atoms with Gasteiger partial charge in [0.15, 0.2) is 0 Å². The average molecular weight is 295 g/mol. The van der Waals surface area contributed by atoms with Crippen molar-refractivity contribution < 1.29 is 14.7 Å². The Bertz CT molecular complexity index is 508. The molecular weight excluding hydrogens is 274 g/mol. The minimum absolute atomic E-state index is 0.195. The van der Waals surface area contributed by atoms with Gasteiger partial charge in [-0.2, -0.15) is 5.10 Å². The van der Waals surface area contributed by atoms with Crippen LogP contribution in [0.5, 0.6) is 0 Å². The third-order valence-corrected chi connectivity index (χ3v) is 3.74. The van der Waals surface area contributed by atoms with E-state index >= 15 is 0 Å². The van der Waals surface area contributed by atoms with Gasteiger partial charge in [-0.05, 0) is 33.0 Å². The molecule has 1 aliphatic heterocycles. The van der Waals surface area contributed by atoms with Crippen molar-refractivity contribution in [2.75, 3.05) is 32.5 Å². The van der Waals surface area contributed by atoms with Crippen molar-refractivity contribution in [2.45, 2.75) is 25.4 Å². The molecular formula is C13H21N5O3. The fraction of sp³-hybridized carbons (Fsp3) is 0.615. The van der Waals surface area contributed by atoms with Crippen LogP contribution in [0.1, 0.15) is 12.8 Å². The largest absolute Gasteiger partial charge is 0.480 e. The van der Waals surface area contributed by atoms with Gasteiger partial charge >= 0.3 is 12.0 Å². The van der Waals surface area contributed by atoms with E-state index in [1.54, 1.807) is 11.9 Å². The Hall–Kier alpha value is -2.09. The van der Waals surface area contributed by atoms with Gasteiger partial charge < -0.3 is 20.2 Å². The molecule has 0 radical (unpaired) electrons. The molecule has 0 aromatic carbocycles. The van der Waals surface area contributed by atoms with E-state index < -0.39 is 5.97 Å². The standard InChI is InChI=1S/C13H21N5O3/c1-16-5-3-11(4-6-16)17(2)13(21)15-10-7-14-18(8-10)9-12(19)20/h7-8,11H,3-6,9H2,1-2H3,(H,15,21)(H,19,20). The molecule has 0 saturated carbocycles. The van der Waals surface area contributed by atoms with Gasteiger partial charge in [-0.15, -0.1) is 0 Å². The van der Waals surface area contributed by atoms with Crippen molar-refractivity contribution in [3.05, 3.63) is 12.4 Å². The maximum absolute atomic E-state index is 12.2. The maximum Gasteiger partial charge on any atom is 0.325 e. The number of hydrogen-bond donors (Lipinski definition) is 2. The van der Waals surface area contributed by atoms with Crippen LogP contribution in [0.2, 0.25) is 0 Å². The molecule has 8 nitrogen and oxygen atoms in total. The SMILES string of the molecule is CN1CCC(N(C)C(=O)Nc2cnn(CC(=O)O)c2)CC1. The molecule has 1 fully saturated rings. The van der Waals surface area contributed by atoms with E-state index in [0.717, 1.165) is 25.9 Å². The first-order chi connectivity index (χ1) is 9.95. The highest BCUT2D eigenvalue weighted by atomic mass is 16.4. The van der Waals surface area contributed by atoms with Crippen LogP contribution in [0, 0.1) is 0 Å². The second-order valence-corrected chi connectivity index (χ2v) is 5.40. The lowest BCUT2D eigenvalue weighted by Gasteiger charge is -2.34. The van der Waals surface area contributed by atoms with Crippen LogP contribution in [0.3, 0.4) is 0 Å². The van der Waals surface area contributed by atoms with Crippen LogP contribution in [0.4, 0.5) is 10.5 Å². The second-order valence-electron chi connectivity index (χ2n) is 5.40. The Kier molecular flexibility index (Phi) is 4.79. The number of hydrogen-bond acceptors (Lipinski definition) is 4. The molecule has 1 aromatic heterocycles. The first-order valence-corrected chi connectivity index (χ1v) is 6.92. The minimum atomic E-state index is -0.973. The number of amides is 2. The first-order valence-electron chi connectivity index (χ1n) is 6.92. The highest BCUT2D eigenvalue weighted by Crippen LogP contribution is 2.15. The molecule has 0 aliphatic carbocycles. The van der Waals surface area contributed by atoms with E-state index in [9.17, 15) is 9.59 Å². The van der Waals surface area contributed by atoms with Gasteiger partial charge in [-0.3, -0.25) is 9.48 Å². The number of carbonyl (C=O) groups is 2. The van der Waals surface area contributed by atoms with Crippen LogP contribution < -0.4 is 5.32 Å². The first kappa shape index (κ1) is 15.3. The number of nitrogens with zero attached hydrogens (tertiary/aromatic N) is 4. The van der Waals surface area contributed by atoms with Crippen LogP contribution in [-0.2, 0) is 11.3 Å². The molecule has 0 bridgehead atoms. The summed E-state index contributed by atoms with van der Waals surface area (Å²) in [5.41, 5.74) is 0.501. The molecule has 0 unspecified atom stereocenters. The van der Waals surface area contributed by atoms with Gasteiger partial charge in [0.1, 0.15) is 6.54 Å². The Balaban J connectivity index is 1.88. The van der Waals surface area contributed by atoms with Crippen molar-refractivity contribution in [3.8, 4) is 0 Å². The summed E-state index contributed by atoms with van der Waals surface area (Å²) in [5, 5.41) is 15.3. The number of carbonyl (C=O) groups excluding carboxylic acids is 1. The predicted octanol–water partition coefficient (Wildman–Crippen LogP) is 0.526. The number of piperidine rings is 1. The Morgan fingerprint density at radius 2 is 2.14 bits per heavy atom. The number of nitrogens with one attached hydrogen (secondary N) is 1. The zero-order valence-corrected chi connectivity index (χ0v) is 12.3. The molecule has 2 heterocycles. The second kappa shape index (κ2) is 6.57. The number of carboxylic acids is 1. The van der Waals surface area contributed by atoms with Crippen molar-refractivity contribution in [2.24, 2.45) is 0 Å². The summed E-state index contributed by atoms with van der Waals surface area (Å²) in [7, 11) is 3.86. The normalized spacial score (nSPS) is 16.7. The van der Waals surface area contributed by atoms with E-state index in [-0.39, 0.29) is 18.6 Å². The lowest BCUT2D eigenvalue weighted by Crippen LogP contribution is -2.45. The third-order valence-electron chi connectivity index (χ3n) is 3.74. The summed E-state index contributed by atoms with van der Waals surface area (Å²) in [4.78, 5) is 26.7. The van der Waals surface area contributed by atoms with Crippen molar-refractivity contribution in [1.29, 1.82) is 0 Å². The zero-order valence-electron chi connectivity index (χ0n) is 12.3. The summed E-state index contributed by atoms with van der Waals surface area (Å²) in [6.07, 6.45) is 4.87. The quantitative estimate of drug-likeness (QED) is 0.845. The number of rotatable bonds is 4. The Morgan fingerprint density at radius 3 is 2.76 bits per heavy atom. The molecule has 1 aromatic rings. The molecule has 0 spiro atoms. The molecule has 21 heavy (non-hydrogen) atoms. The van der Waals surface area contributed by atoms with Crippen molar-refractivity contribution in [1.82, 2.24) is 19.6 Å². The van der Waals surface area contributed by atoms with Gasteiger partial charge in [0.05, 0.1) is 11.9 Å². The summed E-state index contributed by atoms with van der Waals surface area (Å²) in [6, 6.07) is 0.0368. The maximum atomic E-state index is 12.2. The molecule has 116 valence electrons. The lowest BCUT2D eigenvalue weighted by atomic mass is 10.0. The minimum Gasteiger partial charge on any atom is -0.480 e. The van der Waals surface area contributed by atoms with Gasteiger partial charge in [0.2, 0.25) is 0 Å². The highest BCUT2D eigenvalue weighted by Gasteiger charge is 2.24. The van der Waals surface area contributed by atoms with E-state index in [4.69, 9.17) is 5.11 Å². The fourth-order valence-electron chi connectivity index (χ4n) is 2.41. The van der Waals surface area contributed by atoms with E-state index in [1.165, 1.54) is 17.1 Å². The predicted molar refractivity (Wildman–Crippen MR) is 77.2 cm³/mol. The highest BCUT2D eigenvalue weighted by molar-refractivity contribution is 5.89. The smallest absolute Gasteiger partial charge is 0.325 e. The fourth-order valence-corrected chi connectivity index (χ4v) is 2.41. The summed E-state index contributed by atoms with van der Waals surface area (Å²) in [5.74, 6) is -0.973. The summed E-state index contributed by atoms with van der Waals surface area (Å²) < 4.78 is 1.27. The van der Waals surface area contributed by atoms with Crippen molar-refractivity contribution >= 4 is 17.7 Å². The van der Waals surface area contributed by atoms with Gasteiger partial charge in [-0.1, -0.05) is 0 Å². The van der Waals surface area contributed by atoms with Gasteiger partial charge in [0, 0.05) is 19.3 Å². The number of aliphatic carboxylic acids is 1. The molecule has 1 aliphatic rings. The van der Waals surface area contributed by atoms with E-state index in [0.29, 0.717) is 5.69 Å². The van der Waals surface area contributed by atoms with Crippen LogP contribution in [-0.4, -0.2) is 69.9 Å². The Morgan fingerprint density at radius 1 is 1.48 bits per heavy atom. The van der Waals surface area contributed by atoms with Gasteiger partial charge in [-0.25, -0.2) is 4.79 Å². The topological polar surface area (TPSA) is 90.7 Å². The number of urea groups is 1. The molecule has 2 rings (SSSR count). The molecule has 8 heteroatoms. The van der Waals surface area contributed by atoms with Crippen LogP contribution in [0.15, 0.2) is 12.4 Å². The van der Waals surface area contributed by atoms with Crippen LogP contribution in [0.25, 0.3) is 0 Å². The zero-order chi connectivity index (χ0) is 15.4. The van der Waals surface area contributed by atoms with Gasteiger partial charge in [0.25, 0.3) is 0 Å². The van der Waals surface area contributed by atoms with E-state index in [2.05, 4.69) is 22.4 Å². The molecule has 2 amide bonds. The monoisotopic (exact) mass is 295 g/mol. The van der Waals surface area contributed by atoms with E-state index in [1.807, 2.05) is 0 Å². The summed E-state index contributed by atoms with van der Waals surface area (Å²) >= 11 is 0. The molecule has 0 atom stereocenters. The number of carboxylic acid groups (broad SMARTS) is 1. The number of anilines is 1. The number of likely N-dealkylation sites (tertiary alicyclic amines) is 1. The average Bonchev–Trinajstić information content (AvgIpc) is 2.85. The summed E-state index contributed by atoms with van der Waals surface area (Å²) in [6.45, 7) is 1.75. The number of aromatic nitrogens is 2.